The van der Waals surface area contributed by atoms with Crippen LogP contribution in [0.25, 0.3) is 0 Å². The van der Waals surface area contributed by atoms with E-state index in [1.165, 1.54) is 12.1 Å². The Morgan fingerprint density at radius 2 is 1.76 bits per heavy atom. The summed E-state index contributed by atoms with van der Waals surface area (Å²) >= 11 is 0. The number of carbonyl (C=O) groups is 1. The minimum absolute atomic E-state index is 0.0271. The van der Waals surface area contributed by atoms with E-state index in [9.17, 15) is 13.2 Å². The van der Waals surface area contributed by atoms with Gasteiger partial charge < -0.3 is 9.64 Å². The molecular formula is C18H28N2O4S. The number of hydrogen-bond donors (Lipinski definition) is 1. The van der Waals surface area contributed by atoms with Gasteiger partial charge in [-0.2, -0.15) is 0 Å². The number of carbonyl (C=O) groups excluding carboxylic acids is 1. The van der Waals surface area contributed by atoms with Gasteiger partial charge in [0, 0.05) is 18.6 Å². The maximum Gasteiger partial charge on any atom is 0.260 e. The van der Waals surface area contributed by atoms with Crippen molar-refractivity contribution in [1.29, 1.82) is 0 Å². The smallest absolute Gasteiger partial charge is 0.260 e. The molecule has 1 fully saturated rings. The van der Waals surface area contributed by atoms with Gasteiger partial charge in [-0.3, -0.25) is 4.79 Å². The Bertz CT molecular complexity index is 685. The van der Waals surface area contributed by atoms with Crippen LogP contribution < -0.4 is 9.46 Å². The van der Waals surface area contributed by atoms with E-state index in [0.29, 0.717) is 11.7 Å². The minimum atomic E-state index is -3.57. The van der Waals surface area contributed by atoms with E-state index in [2.05, 4.69) is 11.6 Å². The van der Waals surface area contributed by atoms with Crippen molar-refractivity contribution in [2.24, 2.45) is 5.92 Å². The van der Waals surface area contributed by atoms with E-state index < -0.39 is 15.6 Å². The largest absolute Gasteiger partial charge is 0.484 e. The maximum atomic E-state index is 12.2. The number of likely N-dealkylation sites (tertiary alicyclic amines) is 1. The van der Waals surface area contributed by atoms with Gasteiger partial charge in [0.1, 0.15) is 5.75 Å². The molecule has 1 saturated heterocycles. The van der Waals surface area contributed by atoms with Crippen LogP contribution >= 0.6 is 0 Å². The Hall–Kier alpha value is -1.60. The van der Waals surface area contributed by atoms with Gasteiger partial charge in [-0.15, -0.1) is 0 Å². The number of ether oxygens (including phenoxy) is 1. The molecule has 0 unspecified atom stereocenters. The summed E-state index contributed by atoms with van der Waals surface area (Å²) < 4.78 is 32.6. The van der Waals surface area contributed by atoms with E-state index in [-0.39, 0.29) is 17.4 Å². The van der Waals surface area contributed by atoms with Gasteiger partial charge >= 0.3 is 0 Å². The van der Waals surface area contributed by atoms with Crippen LogP contribution in [-0.4, -0.2) is 44.5 Å². The molecule has 1 heterocycles. The fraction of sp³-hybridized carbons (Fsp3) is 0.611. The van der Waals surface area contributed by atoms with Crippen molar-refractivity contribution in [2.45, 2.75) is 51.0 Å². The van der Waals surface area contributed by atoms with Crippen LogP contribution in [0, 0.1) is 5.92 Å². The predicted octanol–water partition coefficient (Wildman–Crippen LogP) is 2.40. The molecule has 1 N–H and O–H groups in total. The second-order valence-electron chi connectivity index (χ2n) is 7.68. The highest BCUT2D eigenvalue weighted by molar-refractivity contribution is 7.89. The second kappa shape index (κ2) is 7.74. The second-order valence-corrected chi connectivity index (χ2v) is 9.36. The van der Waals surface area contributed by atoms with Crippen molar-refractivity contribution < 1.29 is 17.9 Å². The van der Waals surface area contributed by atoms with Gasteiger partial charge in [-0.05, 0) is 63.8 Å². The molecule has 140 valence electrons. The molecule has 25 heavy (non-hydrogen) atoms. The molecule has 0 aliphatic carbocycles. The molecule has 0 bridgehead atoms. The molecule has 1 aliphatic heterocycles. The minimum Gasteiger partial charge on any atom is -0.484 e. The summed E-state index contributed by atoms with van der Waals surface area (Å²) in [5, 5.41) is 0. The average Bonchev–Trinajstić information content (AvgIpc) is 2.51. The lowest BCUT2D eigenvalue weighted by Gasteiger charge is -2.30. The van der Waals surface area contributed by atoms with Crippen molar-refractivity contribution >= 4 is 15.9 Å². The first-order chi connectivity index (χ1) is 11.6. The normalized spacial score (nSPS) is 16.7. The van der Waals surface area contributed by atoms with Crippen LogP contribution in [-0.2, 0) is 14.8 Å². The van der Waals surface area contributed by atoms with Gasteiger partial charge in [-0.1, -0.05) is 6.92 Å². The first-order valence-corrected chi connectivity index (χ1v) is 10.1. The lowest BCUT2D eigenvalue weighted by atomic mass is 9.99. The number of piperidine rings is 1. The fourth-order valence-electron chi connectivity index (χ4n) is 2.67. The Kier molecular flexibility index (Phi) is 6.11. The zero-order valence-electron chi connectivity index (χ0n) is 15.4. The topological polar surface area (TPSA) is 75.7 Å². The van der Waals surface area contributed by atoms with E-state index in [1.54, 1.807) is 32.9 Å². The number of benzene rings is 1. The van der Waals surface area contributed by atoms with Crippen LogP contribution in [0.15, 0.2) is 29.2 Å². The predicted molar refractivity (Wildman–Crippen MR) is 97.0 cm³/mol. The van der Waals surface area contributed by atoms with Crippen molar-refractivity contribution in [3.63, 3.8) is 0 Å². The number of hydrogen-bond acceptors (Lipinski definition) is 4. The van der Waals surface area contributed by atoms with Gasteiger partial charge in [0.2, 0.25) is 10.0 Å². The summed E-state index contributed by atoms with van der Waals surface area (Å²) in [5.74, 6) is 1.12. The zero-order chi connectivity index (χ0) is 18.7. The van der Waals surface area contributed by atoms with Crippen molar-refractivity contribution in [3.05, 3.63) is 24.3 Å². The molecule has 0 aromatic heterocycles. The lowest BCUT2D eigenvalue weighted by Crippen LogP contribution is -2.40. The average molecular weight is 368 g/mol. The molecule has 1 aromatic carbocycles. The Morgan fingerprint density at radius 3 is 2.28 bits per heavy atom. The van der Waals surface area contributed by atoms with Gasteiger partial charge in [0.25, 0.3) is 5.91 Å². The van der Waals surface area contributed by atoms with Gasteiger partial charge in [-0.25, -0.2) is 13.1 Å². The summed E-state index contributed by atoms with van der Waals surface area (Å²) in [5.41, 5.74) is -0.549. The number of amides is 1. The molecule has 1 aliphatic rings. The van der Waals surface area contributed by atoms with Gasteiger partial charge in [0.05, 0.1) is 4.90 Å². The highest BCUT2D eigenvalue weighted by atomic mass is 32.2. The monoisotopic (exact) mass is 368 g/mol. The highest BCUT2D eigenvalue weighted by Gasteiger charge is 2.22. The first-order valence-electron chi connectivity index (χ1n) is 8.61. The van der Waals surface area contributed by atoms with Crippen molar-refractivity contribution in [3.8, 4) is 5.75 Å². The van der Waals surface area contributed by atoms with Crippen LogP contribution in [0.3, 0.4) is 0 Å². The van der Waals surface area contributed by atoms with E-state index in [0.717, 1.165) is 25.9 Å². The number of nitrogens with zero attached hydrogens (tertiary/aromatic N) is 1. The van der Waals surface area contributed by atoms with E-state index >= 15 is 0 Å². The molecule has 7 heteroatoms. The lowest BCUT2D eigenvalue weighted by molar-refractivity contribution is -0.134. The first kappa shape index (κ1) is 19.7. The fourth-order valence-corrected chi connectivity index (χ4v) is 4.09. The number of nitrogens with one attached hydrogen (secondary N) is 1. The molecule has 0 spiro atoms. The summed E-state index contributed by atoms with van der Waals surface area (Å²) in [6, 6.07) is 6.11. The third-order valence-electron chi connectivity index (χ3n) is 4.07. The Labute approximate surface area is 150 Å². The van der Waals surface area contributed by atoms with Crippen LogP contribution in [0.5, 0.6) is 5.75 Å². The summed E-state index contributed by atoms with van der Waals surface area (Å²) in [7, 11) is -3.57. The quantitative estimate of drug-likeness (QED) is 0.866. The van der Waals surface area contributed by atoms with Crippen molar-refractivity contribution in [2.75, 3.05) is 19.7 Å². The number of sulfonamides is 1. The molecule has 1 amide bonds. The third-order valence-corrected chi connectivity index (χ3v) is 5.85. The molecule has 1 aromatic rings. The Balaban J connectivity index is 1.91. The summed E-state index contributed by atoms with van der Waals surface area (Å²) in [4.78, 5) is 14.2. The van der Waals surface area contributed by atoms with Crippen molar-refractivity contribution in [1.82, 2.24) is 9.62 Å². The van der Waals surface area contributed by atoms with Crippen LogP contribution in [0.4, 0.5) is 0 Å². The standard InChI is InChI=1S/C18H28N2O4S/c1-14-9-11-20(12-10-14)17(21)13-24-15-5-7-16(8-6-15)25(22,23)19-18(2,3)4/h5-8,14,19H,9-13H2,1-4H3. The van der Waals surface area contributed by atoms with Gasteiger partial charge in [0.15, 0.2) is 6.61 Å². The van der Waals surface area contributed by atoms with Crippen LogP contribution in [0.2, 0.25) is 0 Å². The summed E-state index contributed by atoms with van der Waals surface area (Å²) in [6.07, 6.45) is 2.05. The number of rotatable bonds is 5. The summed E-state index contributed by atoms with van der Waals surface area (Å²) in [6.45, 7) is 9.08. The third kappa shape index (κ3) is 6.01. The maximum absolute atomic E-state index is 12.2. The Morgan fingerprint density at radius 1 is 1.20 bits per heavy atom. The van der Waals surface area contributed by atoms with Crippen LogP contribution in [0.1, 0.15) is 40.5 Å². The van der Waals surface area contributed by atoms with E-state index in [1.807, 2.05) is 4.90 Å². The highest BCUT2D eigenvalue weighted by Crippen LogP contribution is 2.19. The molecular weight excluding hydrogens is 340 g/mol. The zero-order valence-corrected chi connectivity index (χ0v) is 16.2. The molecule has 2 rings (SSSR count). The molecule has 6 nitrogen and oxygen atoms in total. The van der Waals surface area contributed by atoms with E-state index in [4.69, 9.17) is 4.74 Å². The molecule has 0 atom stereocenters. The molecule has 0 saturated carbocycles. The SMILES string of the molecule is CC1CCN(C(=O)COc2ccc(S(=O)(=O)NC(C)(C)C)cc2)CC1. The molecule has 0 radical (unpaired) electrons.